The Bertz CT molecular complexity index is 365. The van der Waals surface area contributed by atoms with E-state index in [2.05, 4.69) is 16.6 Å². The van der Waals surface area contributed by atoms with E-state index in [0.717, 1.165) is 25.7 Å². The van der Waals surface area contributed by atoms with Crippen LogP contribution in [-0.2, 0) is 4.79 Å². The quantitative estimate of drug-likeness (QED) is 0.537. The van der Waals surface area contributed by atoms with E-state index in [1.807, 2.05) is 6.92 Å². The summed E-state index contributed by atoms with van der Waals surface area (Å²) in [5, 5.41) is 14.7. The first-order valence-corrected chi connectivity index (χ1v) is 6.82. The fourth-order valence-corrected chi connectivity index (χ4v) is 2.40. The van der Waals surface area contributed by atoms with Gasteiger partial charge in [-0.2, -0.15) is 0 Å². The van der Waals surface area contributed by atoms with Gasteiger partial charge in [0.25, 0.3) is 0 Å². The summed E-state index contributed by atoms with van der Waals surface area (Å²) in [7, 11) is 0. The SMILES string of the molecule is C#CC(CC)NC(=O)NC1(C(=O)O)CCCCCC1. The van der Waals surface area contributed by atoms with Crippen LogP contribution in [0.4, 0.5) is 4.79 Å². The molecule has 0 heterocycles. The summed E-state index contributed by atoms with van der Waals surface area (Å²) in [4.78, 5) is 23.4. The first-order chi connectivity index (χ1) is 9.04. The average molecular weight is 266 g/mol. The molecule has 1 aliphatic carbocycles. The Hall–Kier alpha value is -1.70. The smallest absolute Gasteiger partial charge is 0.329 e. The molecular formula is C14H22N2O3. The summed E-state index contributed by atoms with van der Waals surface area (Å²) in [5.41, 5.74) is -1.15. The van der Waals surface area contributed by atoms with Gasteiger partial charge in [-0.05, 0) is 19.3 Å². The van der Waals surface area contributed by atoms with E-state index < -0.39 is 17.5 Å². The van der Waals surface area contributed by atoms with Crippen molar-refractivity contribution in [3.05, 3.63) is 0 Å². The monoisotopic (exact) mass is 266 g/mol. The number of urea groups is 1. The van der Waals surface area contributed by atoms with Gasteiger partial charge < -0.3 is 15.7 Å². The lowest BCUT2D eigenvalue weighted by atomic mass is 9.90. The van der Waals surface area contributed by atoms with Crippen LogP contribution in [0.25, 0.3) is 0 Å². The molecule has 1 fully saturated rings. The topological polar surface area (TPSA) is 78.4 Å². The largest absolute Gasteiger partial charge is 0.480 e. The maximum Gasteiger partial charge on any atom is 0.329 e. The fourth-order valence-electron chi connectivity index (χ4n) is 2.40. The molecule has 0 aliphatic heterocycles. The lowest BCUT2D eigenvalue weighted by Crippen LogP contribution is -2.58. The lowest BCUT2D eigenvalue weighted by Gasteiger charge is -2.29. The lowest BCUT2D eigenvalue weighted by molar-refractivity contribution is -0.145. The van der Waals surface area contributed by atoms with Crippen molar-refractivity contribution in [3.63, 3.8) is 0 Å². The van der Waals surface area contributed by atoms with Crippen molar-refractivity contribution in [2.24, 2.45) is 0 Å². The highest BCUT2D eigenvalue weighted by atomic mass is 16.4. The van der Waals surface area contributed by atoms with Gasteiger partial charge in [0.2, 0.25) is 0 Å². The molecule has 0 saturated heterocycles. The molecule has 5 nitrogen and oxygen atoms in total. The van der Waals surface area contributed by atoms with Crippen molar-refractivity contribution >= 4 is 12.0 Å². The second kappa shape index (κ2) is 7.03. The molecule has 0 spiro atoms. The minimum Gasteiger partial charge on any atom is -0.480 e. The Morgan fingerprint density at radius 1 is 1.32 bits per heavy atom. The van der Waals surface area contributed by atoms with Crippen LogP contribution in [0.5, 0.6) is 0 Å². The standard InChI is InChI=1S/C14H22N2O3/c1-3-11(4-2)15-13(19)16-14(12(17)18)9-7-5-6-8-10-14/h1,11H,4-10H2,2H3,(H,17,18)(H2,15,16,19). The number of hydrogen-bond acceptors (Lipinski definition) is 2. The average Bonchev–Trinajstić information content (AvgIpc) is 2.62. The Morgan fingerprint density at radius 2 is 1.89 bits per heavy atom. The summed E-state index contributed by atoms with van der Waals surface area (Å²) in [6, 6.07) is -0.856. The zero-order chi connectivity index (χ0) is 14.3. The fraction of sp³-hybridized carbons (Fsp3) is 0.714. The van der Waals surface area contributed by atoms with E-state index in [1.54, 1.807) is 0 Å². The second-order valence-corrected chi connectivity index (χ2v) is 5.03. The Labute approximate surface area is 114 Å². The van der Waals surface area contributed by atoms with Crippen molar-refractivity contribution in [2.45, 2.75) is 63.5 Å². The number of terminal acetylenes is 1. The third-order valence-corrected chi connectivity index (χ3v) is 3.63. The van der Waals surface area contributed by atoms with Gasteiger partial charge in [-0.25, -0.2) is 9.59 Å². The van der Waals surface area contributed by atoms with Gasteiger partial charge in [-0.3, -0.25) is 0 Å². The summed E-state index contributed by atoms with van der Waals surface area (Å²) < 4.78 is 0. The summed E-state index contributed by atoms with van der Waals surface area (Å²) in [5.74, 6) is 1.49. The molecule has 5 heteroatoms. The van der Waals surface area contributed by atoms with Crippen molar-refractivity contribution < 1.29 is 14.7 Å². The Morgan fingerprint density at radius 3 is 2.32 bits per heavy atom. The number of amides is 2. The van der Waals surface area contributed by atoms with Gasteiger partial charge in [-0.1, -0.05) is 38.5 Å². The third-order valence-electron chi connectivity index (χ3n) is 3.63. The molecule has 1 aliphatic rings. The number of carbonyl (C=O) groups excluding carboxylic acids is 1. The number of rotatable bonds is 4. The number of nitrogens with one attached hydrogen (secondary N) is 2. The highest BCUT2D eigenvalue weighted by molar-refractivity contribution is 5.86. The molecule has 0 aromatic carbocycles. The molecule has 2 amide bonds. The maximum absolute atomic E-state index is 11.9. The number of carboxylic acids is 1. The maximum atomic E-state index is 11.9. The first-order valence-electron chi connectivity index (χ1n) is 6.82. The minimum atomic E-state index is -1.15. The van der Waals surface area contributed by atoms with E-state index in [1.165, 1.54) is 0 Å². The minimum absolute atomic E-state index is 0.364. The Balaban J connectivity index is 2.70. The number of aliphatic carboxylic acids is 1. The first kappa shape index (κ1) is 15.4. The van der Waals surface area contributed by atoms with Crippen molar-refractivity contribution in [3.8, 4) is 12.3 Å². The van der Waals surface area contributed by atoms with E-state index in [4.69, 9.17) is 6.42 Å². The van der Waals surface area contributed by atoms with Gasteiger partial charge >= 0.3 is 12.0 Å². The highest BCUT2D eigenvalue weighted by Gasteiger charge is 2.40. The zero-order valence-electron chi connectivity index (χ0n) is 11.4. The van der Waals surface area contributed by atoms with Gasteiger partial charge in [0.15, 0.2) is 0 Å². The molecule has 0 bridgehead atoms. The predicted octanol–water partition coefficient (Wildman–Crippen LogP) is 1.87. The molecule has 0 aromatic rings. The van der Waals surface area contributed by atoms with Crippen LogP contribution in [-0.4, -0.2) is 28.7 Å². The number of hydrogen-bond donors (Lipinski definition) is 3. The molecule has 1 atom stereocenters. The molecule has 0 radical (unpaired) electrons. The number of carboxylic acid groups (broad SMARTS) is 1. The molecule has 106 valence electrons. The number of carbonyl (C=O) groups is 2. The van der Waals surface area contributed by atoms with E-state index in [0.29, 0.717) is 19.3 Å². The summed E-state index contributed by atoms with van der Waals surface area (Å²) in [6.45, 7) is 1.86. The van der Waals surface area contributed by atoms with Crippen LogP contribution >= 0.6 is 0 Å². The molecule has 3 N–H and O–H groups in total. The molecule has 1 unspecified atom stereocenters. The summed E-state index contributed by atoms with van der Waals surface area (Å²) >= 11 is 0. The van der Waals surface area contributed by atoms with Gasteiger partial charge in [0.05, 0.1) is 6.04 Å². The third kappa shape index (κ3) is 4.16. The molecule has 0 aromatic heterocycles. The predicted molar refractivity (Wildman–Crippen MR) is 72.6 cm³/mol. The molecule has 19 heavy (non-hydrogen) atoms. The molecule has 1 saturated carbocycles. The van der Waals surface area contributed by atoms with Crippen LogP contribution in [0.15, 0.2) is 0 Å². The van der Waals surface area contributed by atoms with Crippen LogP contribution in [0.1, 0.15) is 51.9 Å². The normalized spacial score (nSPS) is 19.6. The van der Waals surface area contributed by atoms with Crippen LogP contribution in [0, 0.1) is 12.3 Å². The van der Waals surface area contributed by atoms with Gasteiger partial charge in [0, 0.05) is 0 Å². The van der Waals surface area contributed by atoms with Gasteiger partial charge in [-0.15, -0.1) is 6.42 Å². The second-order valence-electron chi connectivity index (χ2n) is 5.03. The van der Waals surface area contributed by atoms with Crippen LogP contribution in [0.2, 0.25) is 0 Å². The van der Waals surface area contributed by atoms with Crippen molar-refractivity contribution in [1.82, 2.24) is 10.6 Å². The molecule has 1 rings (SSSR count). The zero-order valence-corrected chi connectivity index (χ0v) is 11.4. The van der Waals surface area contributed by atoms with Crippen molar-refractivity contribution in [1.29, 1.82) is 0 Å². The van der Waals surface area contributed by atoms with Gasteiger partial charge in [0.1, 0.15) is 5.54 Å². The van der Waals surface area contributed by atoms with Crippen LogP contribution < -0.4 is 10.6 Å². The van der Waals surface area contributed by atoms with E-state index >= 15 is 0 Å². The van der Waals surface area contributed by atoms with E-state index in [-0.39, 0.29) is 6.04 Å². The van der Waals surface area contributed by atoms with Crippen LogP contribution in [0.3, 0.4) is 0 Å². The van der Waals surface area contributed by atoms with Crippen molar-refractivity contribution in [2.75, 3.05) is 0 Å². The highest BCUT2D eigenvalue weighted by Crippen LogP contribution is 2.27. The van der Waals surface area contributed by atoms with E-state index in [9.17, 15) is 14.7 Å². The summed E-state index contributed by atoms with van der Waals surface area (Å²) in [6.07, 6.45) is 10.5. The molecular weight excluding hydrogens is 244 g/mol. The Kier molecular flexibility index (Phi) is 5.68.